The van der Waals surface area contributed by atoms with Gasteiger partial charge in [0.2, 0.25) is 0 Å². The maximum atomic E-state index is 12.0. The lowest BCUT2D eigenvalue weighted by Crippen LogP contribution is -2.31. The topological polar surface area (TPSA) is 84.0 Å². The Morgan fingerprint density at radius 1 is 1.19 bits per heavy atom. The number of para-hydroxylation sites is 1. The van der Waals surface area contributed by atoms with Gasteiger partial charge >= 0.3 is 0 Å². The predicted octanol–water partition coefficient (Wildman–Crippen LogP) is 2.53. The fraction of sp³-hybridized carbons (Fsp3) is 0.211. The minimum Gasteiger partial charge on any atom is -0.493 e. The van der Waals surface area contributed by atoms with Crippen molar-refractivity contribution in [2.24, 2.45) is 5.10 Å². The average molecular weight is 386 g/mol. The first kappa shape index (κ1) is 20.2. The summed E-state index contributed by atoms with van der Waals surface area (Å²) in [5.74, 6) is 0.713. The first-order valence-corrected chi connectivity index (χ1v) is 8.76. The molecule has 7 nitrogen and oxygen atoms in total. The van der Waals surface area contributed by atoms with Crippen LogP contribution in [0.3, 0.4) is 0 Å². The fourth-order valence-electron chi connectivity index (χ4n) is 2.11. The Labute approximate surface area is 163 Å². The second-order valence-electron chi connectivity index (χ2n) is 5.34. The van der Waals surface area contributed by atoms with Crippen LogP contribution in [0.25, 0.3) is 0 Å². The molecule has 0 saturated carbocycles. The summed E-state index contributed by atoms with van der Waals surface area (Å²) in [5, 5.41) is 10.2. The van der Waals surface area contributed by atoms with E-state index in [9.17, 15) is 4.79 Å². The van der Waals surface area contributed by atoms with Gasteiger partial charge in [0, 0.05) is 12.2 Å². The van der Waals surface area contributed by atoms with E-state index in [2.05, 4.69) is 21.2 Å². The normalized spacial score (nSPS) is 10.3. The van der Waals surface area contributed by atoms with Crippen LogP contribution in [0.4, 0.5) is 5.69 Å². The number of methoxy groups -OCH3 is 1. The number of hydrazone groups is 1. The summed E-state index contributed by atoms with van der Waals surface area (Å²) in [6, 6.07) is 14.5. The third-order valence-electron chi connectivity index (χ3n) is 3.32. The summed E-state index contributed by atoms with van der Waals surface area (Å²) < 4.78 is 10.9. The van der Waals surface area contributed by atoms with E-state index >= 15 is 0 Å². The predicted molar refractivity (Wildman–Crippen MR) is 111 cm³/mol. The van der Waals surface area contributed by atoms with Crippen molar-refractivity contribution in [1.29, 1.82) is 0 Å². The fourth-order valence-corrected chi connectivity index (χ4v) is 2.31. The largest absolute Gasteiger partial charge is 0.493 e. The molecule has 2 aromatic carbocycles. The molecular formula is C19H22N4O3S. The lowest BCUT2D eigenvalue weighted by atomic mass is 10.2. The molecule has 0 bridgehead atoms. The first-order valence-electron chi connectivity index (χ1n) is 8.35. The van der Waals surface area contributed by atoms with E-state index in [0.717, 1.165) is 12.1 Å². The highest BCUT2D eigenvalue weighted by molar-refractivity contribution is 7.80. The quantitative estimate of drug-likeness (QED) is 0.367. The SMILES string of the molecule is CCNC(=S)N/N=C\c1ccc(OCC(=O)Nc2ccccc2)c(OC)c1. The number of amides is 1. The number of carbonyl (C=O) groups is 1. The number of hydrogen-bond acceptors (Lipinski definition) is 5. The lowest BCUT2D eigenvalue weighted by Gasteiger charge is -2.11. The van der Waals surface area contributed by atoms with Gasteiger partial charge in [-0.1, -0.05) is 18.2 Å². The van der Waals surface area contributed by atoms with Gasteiger partial charge in [-0.25, -0.2) is 0 Å². The molecule has 0 aliphatic heterocycles. The number of nitrogens with one attached hydrogen (secondary N) is 3. The van der Waals surface area contributed by atoms with Gasteiger partial charge < -0.3 is 20.1 Å². The zero-order valence-electron chi connectivity index (χ0n) is 15.2. The van der Waals surface area contributed by atoms with Gasteiger partial charge in [-0.15, -0.1) is 0 Å². The summed E-state index contributed by atoms with van der Waals surface area (Å²) in [6.07, 6.45) is 1.61. The van der Waals surface area contributed by atoms with Crippen LogP contribution >= 0.6 is 12.2 Å². The maximum Gasteiger partial charge on any atom is 0.262 e. The molecule has 0 radical (unpaired) electrons. The van der Waals surface area contributed by atoms with E-state index in [1.807, 2.05) is 37.3 Å². The zero-order chi connectivity index (χ0) is 19.5. The second kappa shape index (κ2) is 10.8. The third kappa shape index (κ3) is 6.95. The van der Waals surface area contributed by atoms with E-state index < -0.39 is 0 Å². The van der Waals surface area contributed by atoms with Crippen LogP contribution in [-0.4, -0.2) is 37.5 Å². The summed E-state index contributed by atoms with van der Waals surface area (Å²) in [6.45, 7) is 2.54. The van der Waals surface area contributed by atoms with Crippen LogP contribution in [0, 0.1) is 0 Å². The molecule has 0 saturated heterocycles. The Morgan fingerprint density at radius 3 is 2.67 bits per heavy atom. The molecule has 1 amide bonds. The van der Waals surface area contributed by atoms with Gasteiger partial charge in [-0.3, -0.25) is 10.2 Å². The smallest absolute Gasteiger partial charge is 0.262 e. The molecule has 2 aromatic rings. The van der Waals surface area contributed by atoms with Gasteiger partial charge in [0.1, 0.15) is 0 Å². The van der Waals surface area contributed by atoms with Crippen LogP contribution in [0.15, 0.2) is 53.6 Å². The number of anilines is 1. The Bertz CT molecular complexity index is 797. The third-order valence-corrected chi connectivity index (χ3v) is 3.56. The molecule has 0 atom stereocenters. The molecule has 0 aromatic heterocycles. The monoisotopic (exact) mass is 386 g/mol. The van der Waals surface area contributed by atoms with Crippen molar-refractivity contribution in [1.82, 2.24) is 10.7 Å². The molecule has 27 heavy (non-hydrogen) atoms. The first-order chi connectivity index (χ1) is 13.1. The summed E-state index contributed by atoms with van der Waals surface area (Å²) >= 11 is 5.03. The number of benzene rings is 2. The van der Waals surface area contributed by atoms with E-state index in [1.54, 1.807) is 24.4 Å². The number of thiocarbonyl (C=S) groups is 1. The number of rotatable bonds is 8. The molecule has 142 valence electrons. The van der Waals surface area contributed by atoms with Crippen LogP contribution in [0.2, 0.25) is 0 Å². The van der Waals surface area contributed by atoms with Crippen LogP contribution in [0.5, 0.6) is 11.5 Å². The van der Waals surface area contributed by atoms with Crippen LogP contribution in [0.1, 0.15) is 12.5 Å². The highest BCUT2D eigenvalue weighted by Gasteiger charge is 2.08. The van der Waals surface area contributed by atoms with Gasteiger partial charge in [0.05, 0.1) is 13.3 Å². The zero-order valence-corrected chi connectivity index (χ0v) is 16.0. The van der Waals surface area contributed by atoms with Crippen molar-refractivity contribution in [3.63, 3.8) is 0 Å². The summed E-state index contributed by atoms with van der Waals surface area (Å²) in [7, 11) is 1.53. The van der Waals surface area contributed by atoms with Gasteiger partial charge in [0.25, 0.3) is 5.91 Å². The van der Waals surface area contributed by atoms with E-state index in [-0.39, 0.29) is 12.5 Å². The molecular weight excluding hydrogens is 364 g/mol. The Kier molecular flexibility index (Phi) is 8.05. The van der Waals surface area contributed by atoms with Crippen molar-refractivity contribution in [2.75, 3.05) is 25.6 Å². The second-order valence-corrected chi connectivity index (χ2v) is 5.75. The Balaban J connectivity index is 1.92. The highest BCUT2D eigenvalue weighted by atomic mass is 32.1. The summed E-state index contributed by atoms with van der Waals surface area (Å²) in [5.41, 5.74) is 4.22. The molecule has 3 N–H and O–H groups in total. The molecule has 0 aliphatic rings. The maximum absolute atomic E-state index is 12.0. The molecule has 0 aliphatic carbocycles. The highest BCUT2D eigenvalue weighted by Crippen LogP contribution is 2.27. The standard InChI is InChI=1S/C19H22N4O3S/c1-3-20-19(27)23-21-12-14-9-10-16(17(11-14)25-2)26-13-18(24)22-15-7-5-4-6-8-15/h4-12H,3,13H2,1-2H3,(H,22,24)(H2,20,23,27)/b21-12-. The summed E-state index contributed by atoms with van der Waals surface area (Å²) in [4.78, 5) is 12.0. The molecule has 0 fully saturated rings. The minimum atomic E-state index is -0.255. The van der Waals surface area contributed by atoms with Crippen molar-refractivity contribution in [2.45, 2.75) is 6.92 Å². The minimum absolute atomic E-state index is 0.128. The molecule has 0 heterocycles. The molecule has 8 heteroatoms. The lowest BCUT2D eigenvalue weighted by molar-refractivity contribution is -0.118. The number of nitrogens with zero attached hydrogens (tertiary/aromatic N) is 1. The van der Waals surface area contributed by atoms with Crippen LogP contribution in [-0.2, 0) is 4.79 Å². The van der Waals surface area contributed by atoms with Gasteiger partial charge in [-0.05, 0) is 55.0 Å². The van der Waals surface area contributed by atoms with Gasteiger partial charge in [0.15, 0.2) is 23.2 Å². The van der Waals surface area contributed by atoms with E-state index in [1.165, 1.54) is 7.11 Å². The number of carbonyl (C=O) groups excluding carboxylic acids is 1. The number of hydrogen-bond donors (Lipinski definition) is 3. The number of ether oxygens (including phenoxy) is 2. The van der Waals surface area contributed by atoms with Crippen molar-refractivity contribution < 1.29 is 14.3 Å². The van der Waals surface area contributed by atoms with Crippen molar-refractivity contribution in [3.8, 4) is 11.5 Å². The van der Waals surface area contributed by atoms with Crippen molar-refractivity contribution in [3.05, 3.63) is 54.1 Å². The van der Waals surface area contributed by atoms with Crippen LogP contribution < -0.4 is 25.5 Å². The average Bonchev–Trinajstić information content (AvgIpc) is 2.67. The Hall–Kier alpha value is -3.13. The van der Waals surface area contributed by atoms with Gasteiger partial charge in [-0.2, -0.15) is 5.10 Å². The molecule has 0 unspecified atom stereocenters. The molecule has 2 rings (SSSR count). The van der Waals surface area contributed by atoms with E-state index in [0.29, 0.717) is 22.3 Å². The van der Waals surface area contributed by atoms with Crippen molar-refractivity contribution >= 4 is 35.1 Å². The Morgan fingerprint density at radius 2 is 1.96 bits per heavy atom. The molecule has 0 spiro atoms. The van der Waals surface area contributed by atoms with E-state index in [4.69, 9.17) is 21.7 Å².